The predicted octanol–water partition coefficient (Wildman–Crippen LogP) is 4.49. The Labute approximate surface area is 115 Å². The van der Waals surface area contributed by atoms with Crippen LogP contribution < -0.4 is 10.1 Å². The first-order chi connectivity index (χ1) is 9.10. The zero-order valence-corrected chi connectivity index (χ0v) is 12.0. The van der Waals surface area contributed by atoms with Gasteiger partial charge >= 0.3 is 0 Å². The highest BCUT2D eigenvalue weighted by molar-refractivity contribution is 5.50. The molecule has 0 aromatic heterocycles. The molecule has 0 fully saturated rings. The molecule has 1 N–H and O–H groups in total. The van der Waals surface area contributed by atoms with E-state index in [9.17, 15) is 0 Å². The molecule has 0 saturated heterocycles. The lowest BCUT2D eigenvalue weighted by Gasteiger charge is -2.17. The van der Waals surface area contributed by atoms with E-state index in [4.69, 9.17) is 4.74 Å². The minimum Gasteiger partial charge on any atom is -0.497 e. The van der Waals surface area contributed by atoms with Crippen LogP contribution in [0.4, 0.5) is 5.69 Å². The van der Waals surface area contributed by atoms with Crippen molar-refractivity contribution in [1.29, 1.82) is 0 Å². The monoisotopic (exact) mass is 255 g/mol. The minimum absolute atomic E-state index is 0.270. The Hall–Kier alpha value is -1.96. The molecule has 2 aromatic carbocycles. The van der Waals surface area contributed by atoms with Gasteiger partial charge in [-0.05, 0) is 49.6 Å². The number of hydrogen-bond acceptors (Lipinski definition) is 2. The molecule has 1 atom stereocenters. The highest BCUT2D eigenvalue weighted by Gasteiger charge is 2.06. The lowest BCUT2D eigenvalue weighted by Crippen LogP contribution is -2.07. The SMILES string of the molecule is COc1cccc(NC(C)c2ccc(C)c(C)c2)c1. The van der Waals surface area contributed by atoms with Crippen molar-refractivity contribution in [3.05, 3.63) is 59.2 Å². The van der Waals surface area contributed by atoms with Gasteiger partial charge in [0.2, 0.25) is 0 Å². The minimum atomic E-state index is 0.270. The van der Waals surface area contributed by atoms with Gasteiger partial charge in [-0.2, -0.15) is 0 Å². The van der Waals surface area contributed by atoms with Crippen molar-refractivity contribution >= 4 is 5.69 Å². The molecule has 0 aliphatic carbocycles. The van der Waals surface area contributed by atoms with Crippen LogP contribution in [-0.4, -0.2) is 7.11 Å². The summed E-state index contributed by atoms with van der Waals surface area (Å²) in [7, 11) is 1.69. The van der Waals surface area contributed by atoms with E-state index in [1.165, 1.54) is 16.7 Å². The Bertz CT molecular complexity index is 563. The zero-order valence-electron chi connectivity index (χ0n) is 12.0. The van der Waals surface area contributed by atoms with Crippen molar-refractivity contribution in [2.75, 3.05) is 12.4 Å². The molecule has 0 bridgehead atoms. The summed E-state index contributed by atoms with van der Waals surface area (Å²) in [5.74, 6) is 0.872. The molecule has 1 unspecified atom stereocenters. The third-order valence-corrected chi connectivity index (χ3v) is 3.48. The van der Waals surface area contributed by atoms with Crippen molar-refractivity contribution in [3.63, 3.8) is 0 Å². The van der Waals surface area contributed by atoms with Crippen LogP contribution >= 0.6 is 0 Å². The number of ether oxygens (including phenoxy) is 1. The normalized spacial score (nSPS) is 12.0. The second-order valence-electron chi connectivity index (χ2n) is 4.94. The zero-order chi connectivity index (χ0) is 13.8. The van der Waals surface area contributed by atoms with Gasteiger partial charge in [-0.25, -0.2) is 0 Å². The second kappa shape index (κ2) is 5.79. The summed E-state index contributed by atoms with van der Waals surface area (Å²) in [6, 6.07) is 14.9. The largest absolute Gasteiger partial charge is 0.497 e. The van der Waals surface area contributed by atoms with E-state index in [0.29, 0.717) is 0 Å². The molecule has 0 saturated carbocycles. The molecule has 0 radical (unpaired) electrons. The maximum Gasteiger partial charge on any atom is 0.120 e. The van der Waals surface area contributed by atoms with Crippen molar-refractivity contribution in [2.24, 2.45) is 0 Å². The highest BCUT2D eigenvalue weighted by Crippen LogP contribution is 2.23. The van der Waals surface area contributed by atoms with Gasteiger partial charge in [-0.1, -0.05) is 24.3 Å². The molecule has 19 heavy (non-hydrogen) atoms. The lowest BCUT2D eigenvalue weighted by atomic mass is 10.0. The Morgan fingerprint density at radius 2 is 1.79 bits per heavy atom. The first kappa shape index (κ1) is 13.5. The number of benzene rings is 2. The van der Waals surface area contributed by atoms with Gasteiger partial charge in [-0.15, -0.1) is 0 Å². The van der Waals surface area contributed by atoms with E-state index in [-0.39, 0.29) is 6.04 Å². The summed E-state index contributed by atoms with van der Waals surface area (Å²) in [5.41, 5.74) is 5.03. The maximum absolute atomic E-state index is 5.24. The van der Waals surface area contributed by atoms with Gasteiger partial charge in [0.15, 0.2) is 0 Å². The molecule has 0 aliphatic rings. The molecular formula is C17H21NO. The van der Waals surface area contributed by atoms with Crippen LogP contribution in [0.1, 0.15) is 29.7 Å². The van der Waals surface area contributed by atoms with Crippen LogP contribution in [0.3, 0.4) is 0 Å². The van der Waals surface area contributed by atoms with Crippen molar-refractivity contribution in [2.45, 2.75) is 26.8 Å². The fraction of sp³-hybridized carbons (Fsp3) is 0.294. The van der Waals surface area contributed by atoms with Gasteiger partial charge < -0.3 is 10.1 Å². The number of aryl methyl sites for hydroxylation is 2. The van der Waals surface area contributed by atoms with Gasteiger partial charge in [0, 0.05) is 17.8 Å². The molecule has 2 heteroatoms. The molecule has 2 rings (SSSR count). The summed E-state index contributed by atoms with van der Waals surface area (Å²) in [6.07, 6.45) is 0. The van der Waals surface area contributed by atoms with Crippen LogP contribution in [0.25, 0.3) is 0 Å². The first-order valence-electron chi connectivity index (χ1n) is 6.58. The average Bonchev–Trinajstić information content (AvgIpc) is 2.42. The number of rotatable bonds is 4. The summed E-state index contributed by atoms with van der Waals surface area (Å²) in [6.45, 7) is 6.46. The molecular weight excluding hydrogens is 234 g/mol. The maximum atomic E-state index is 5.24. The van der Waals surface area contributed by atoms with Gasteiger partial charge in [0.1, 0.15) is 5.75 Å². The summed E-state index contributed by atoms with van der Waals surface area (Å²) in [4.78, 5) is 0. The number of anilines is 1. The molecule has 0 spiro atoms. The topological polar surface area (TPSA) is 21.3 Å². The van der Waals surface area contributed by atoms with Gasteiger partial charge in [-0.3, -0.25) is 0 Å². The molecule has 100 valence electrons. The Kier molecular flexibility index (Phi) is 4.10. The quantitative estimate of drug-likeness (QED) is 0.869. The highest BCUT2D eigenvalue weighted by atomic mass is 16.5. The number of methoxy groups -OCH3 is 1. The predicted molar refractivity (Wildman–Crippen MR) is 80.9 cm³/mol. The molecule has 2 aromatic rings. The van der Waals surface area contributed by atoms with Crippen LogP contribution in [0.15, 0.2) is 42.5 Å². The Balaban J connectivity index is 2.15. The van der Waals surface area contributed by atoms with Crippen molar-refractivity contribution in [3.8, 4) is 5.75 Å². The third kappa shape index (κ3) is 3.28. The van der Waals surface area contributed by atoms with Gasteiger partial charge in [0.05, 0.1) is 7.11 Å². The van der Waals surface area contributed by atoms with Crippen LogP contribution in [0.2, 0.25) is 0 Å². The smallest absolute Gasteiger partial charge is 0.120 e. The first-order valence-corrected chi connectivity index (χ1v) is 6.58. The number of nitrogens with one attached hydrogen (secondary N) is 1. The molecule has 2 nitrogen and oxygen atoms in total. The van der Waals surface area contributed by atoms with Crippen LogP contribution in [-0.2, 0) is 0 Å². The molecule has 0 aliphatic heterocycles. The van der Waals surface area contributed by atoms with E-state index in [2.05, 4.69) is 50.4 Å². The van der Waals surface area contributed by atoms with Crippen molar-refractivity contribution < 1.29 is 4.74 Å². The van der Waals surface area contributed by atoms with E-state index in [1.54, 1.807) is 7.11 Å². The van der Waals surface area contributed by atoms with Crippen LogP contribution in [0, 0.1) is 13.8 Å². The summed E-state index contributed by atoms with van der Waals surface area (Å²) < 4.78 is 5.24. The average molecular weight is 255 g/mol. The standard InChI is InChI=1S/C17H21NO/c1-12-8-9-15(10-13(12)2)14(3)18-16-6-5-7-17(11-16)19-4/h5-11,14,18H,1-4H3. The Morgan fingerprint density at radius 3 is 2.47 bits per heavy atom. The van der Waals surface area contributed by atoms with E-state index < -0.39 is 0 Å². The fourth-order valence-corrected chi connectivity index (χ4v) is 2.08. The Morgan fingerprint density at radius 1 is 1.00 bits per heavy atom. The lowest BCUT2D eigenvalue weighted by molar-refractivity contribution is 0.415. The fourth-order valence-electron chi connectivity index (χ4n) is 2.08. The summed E-state index contributed by atoms with van der Waals surface area (Å²) in [5, 5.41) is 3.50. The van der Waals surface area contributed by atoms with E-state index in [1.807, 2.05) is 18.2 Å². The van der Waals surface area contributed by atoms with E-state index >= 15 is 0 Å². The second-order valence-corrected chi connectivity index (χ2v) is 4.94. The number of hydrogen-bond donors (Lipinski definition) is 1. The summed E-state index contributed by atoms with van der Waals surface area (Å²) >= 11 is 0. The third-order valence-electron chi connectivity index (χ3n) is 3.48. The van der Waals surface area contributed by atoms with E-state index in [0.717, 1.165) is 11.4 Å². The van der Waals surface area contributed by atoms with Crippen molar-refractivity contribution in [1.82, 2.24) is 0 Å². The van der Waals surface area contributed by atoms with Crippen LogP contribution in [0.5, 0.6) is 5.75 Å². The molecule has 0 heterocycles. The van der Waals surface area contributed by atoms with Gasteiger partial charge in [0.25, 0.3) is 0 Å². The molecule has 0 amide bonds.